The van der Waals surface area contributed by atoms with Crippen LogP contribution in [0.15, 0.2) is 47.4 Å². The minimum absolute atomic E-state index is 0.139. The Morgan fingerprint density at radius 2 is 1.97 bits per heavy atom. The fourth-order valence-corrected chi connectivity index (χ4v) is 6.05. The van der Waals surface area contributed by atoms with Crippen molar-refractivity contribution >= 4 is 79.3 Å². The number of amides is 1. The maximum Gasteiger partial charge on any atom is 0.355 e. The normalized spacial score (nSPS) is 14.9. The second-order valence-corrected chi connectivity index (χ2v) is 10.3. The number of benzene rings is 2. The van der Waals surface area contributed by atoms with Gasteiger partial charge in [-0.15, -0.1) is 11.3 Å². The summed E-state index contributed by atoms with van der Waals surface area (Å²) in [7, 11) is 3.10. The van der Waals surface area contributed by atoms with Gasteiger partial charge in [0.15, 0.2) is 11.5 Å². The maximum absolute atomic E-state index is 12.8. The first-order chi connectivity index (χ1) is 16.4. The lowest BCUT2D eigenvalue weighted by Gasteiger charge is -2.13. The minimum Gasteiger partial charge on any atom is -0.493 e. The monoisotopic (exact) mass is 533 g/mol. The van der Waals surface area contributed by atoms with E-state index in [4.69, 9.17) is 38.0 Å². The summed E-state index contributed by atoms with van der Waals surface area (Å²) in [5.41, 5.74) is 0.717. The number of halogens is 1. The lowest BCUT2D eigenvalue weighted by molar-refractivity contribution is -0.122. The summed E-state index contributed by atoms with van der Waals surface area (Å²) in [6, 6.07) is 12.6. The van der Waals surface area contributed by atoms with Gasteiger partial charge in [0, 0.05) is 30.3 Å². The van der Waals surface area contributed by atoms with Crippen molar-refractivity contribution in [1.29, 1.82) is 0 Å². The number of carbonyl (C=O) groups is 2. The van der Waals surface area contributed by atoms with Gasteiger partial charge in [-0.2, -0.15) is 0 Å². The molecule has 1 fully saturated rings. The molecule has 6 nitrogen and oxygen atoms in total. The van der Waals surface area contributed by atoms with Crippen LogP contribution in [0.4, 0.5) is 0 Å². The first kappa shape index (κ1) is 24.7. The first-order valence-corrected chi connectivity index (χ1v) is 12.7. The Labute approximate surface area is 215 Å². The summed E-state index contributed by atoms with van der Waals surface area (Å²) in [5, 5.41) is 1.18. The first-order valence-electron chi connectivity index (χ1n) is 10.2. The Hall–Kier alpha value is -2.43. The van der Waals surface area contributed by atoms with Crippen molar-refractivity contribution in [3.8, 4) is 11.5 Å². The number of nitrogens with zero attached hydrogens (tertiary/aromatic N) is 1. The van der Waals surface area contributed by atoms with Crippen LogP contribution in [0.5, 0.6) is 11.5 Å². The largest absolute Gasteiger partial charge is 0.493 e. The topological polar surface area (TPSA) is 65.1 Å². The van der Waals surface area contributed by atoms with Crippen molar-refractivity contribution in [2.24, 2.45) is 0 Å². The van der Waals surface area contributed by atoms with Crippen molar-refractivity contribution < 1.29 is 23.8 Å². The Kier molecular flexibility index (Phi) is 7.90. The fraction of sp³-hybridized carbons (Fsp3) is 0.208. The highest BCUT2D eigenvalue weighted by Crippen LogP contribution is 2.38. The number of fused-ring (bicyclic) bond motifs is 1. The summed E-state index contributed by atoms with van der Waals surface area (Å²) in [6.45, 7) is 1.06. The molecule has 0 bridgehead atoms. The van der Waals surface area contributed by atoms with E-state index in [1.54, 1.807) is 36.3 Å². The highest BCUT2D eigenvalue weighted by molar-refractivity contribution is 8.26. The van der Waals surface area contributed by atoms with Gasteiger partial charge in [0.2, 0.25) is 0 Å². The average Bonchev–Trinajstić information content (AvgIpc) is 3.31. The van der Waals surface area contributed by atoms with Gasteiger partial charge in [-0.1, -0.05) is 59.8 Å². The van der Waals surface area contributed by atoms with E-state index < -0.39 is 5.97 Å². The highest BCUT2D eigenvalue weighted by atomic mass is 35.5. The number of ether oxygens (including phenoxy) is 3. The summed E-state index contributed by atoms with van der Waals surface area (Å²) in [5.74, 6) is -0.0886. The van der Waals surface area contributed by atoms with Crippen LogP contribution < -0.4 is 9.47 Å². The Balaban J connectivity index is 1.52. The third kappa shape index (κ3) is 5.13. The number of thiocarbonyl (C=S) groups is 1. The molecular weight excluding hydrogens is 514 g/mol. The van der Waals surface area contributed by atoms with E-state index in [1.165, 1.54) is 30.2 Å². The number of thiophene rings is 1. The molecule has 1 amide bonds. The zero-order valence-corrected chi connectivity index (χ0v) is 21.5. The van der Waals surface area contributed by atoms with Gasteiger partial charge < -0.3 is 14.2 Å². The highest BCUT2D eigenvalue weighted by Gasteiger charge is 2.31. The SMILES string of the molecule is COCCCN1C(=O)/C(=C/c2ccc(OC(=O)c3sc4ccccc4c3Cl)c(OC)c2)SC1=S. The molecule has 2 aromatic carbocycles. The van der Waals surface area contributed by atoms with Crippen LogP contribution in [-0.2, 0) is 9.53 Å². The second-order valence-electron chi connectivity index (χ2n) is 7.22. The molecule has 176 valence electrons. The quantitative estimate of drug-likeness (QED) is 0.115. The lowest BCUT2D eigenvalue weighted by Crippen LogP contribution is -2.29. The van der Waals surface area contributed by atoms with Crippen LogP contribution in [-0.4, -0.2) is 48.5 Å². The molecule has 1 aromatic heterocycles. The number of rotatable bonds is 8. The fourth-order valence-electron chi connectivity index (χ4n) is 3.36. The van der Waals surface area contributed by atoms with E-state index >= 15 is 0 Å². The van der Waals surface area contributed by atoms with Gasteiger partial charge in [0.25, 0.3) is 5.91 Å². The molecular formula is C24H20ClNO5S3. The average molecular weight is 534 g/mol. The van der Waals surface area contributed by atoms with Crippen LogP contribution in [0, 0.1) is 0 Å². The number of carbonyl (C=O) groups excluding carboxylic acids is 2. The van der Waals surface area contributed by atoms with E-state index in [-0.39, 0.29) is 11.7 Å². The molecule has 0 radical (unpaired) electrons. The molecule has 10 heteroatoms. The standard InChI is InChI=1S/C24H20ClNO5S3/c1-29-11-5-10-26-22(27)19(34-24(26)32)13-14-8-9-16(17(12-14)30-2)31-23(28)21-20(25)15-6-3-4-7-18(15)33-21/h3-4,6-9,12-13H,5,10-11H2,1-2H3/b19-13-. The molecule has 0 unspecified atom stereocenters. The summed E-state index contributed by atoms with van der Waals surface area (Å²) in [4.78, 5) is 28.0. The molecule has 0 saturated carbocycles. The molecule has 0 aliphatic carbocycles. The third-order valence-corrected chi connectivity index (χ3v) is 8.05. The van der Waals surface area contributed by atoms with E-state index in [1.807, 2.05) is 24.3 Å². The summed E-state index contributed by atoms with van der Waals surface area (Å²) in [6.07, 6.45) is 2.44. The van der Waals surface area contributed by atoms with Crippen molar-refractivity contribution in [2.45, 2.75) is 6.42 Å². The summed E-state index contributed by atoms with van der Waals surface area (Å²) < 4.78 is 17.5. The van der Waals surface area contributed by atoms with E-state index in [0.717, 1.165) is 10.1 Å². The zero-order valence-electron chi connectivity index (χ0n) is 18.3. The predicted molar refractivity (Wildman–Crippen MR) is 141 cm³/mol. The van der Waals surface area contributed by atoms with Crippen LogP contribution in [0.3, 0.4) is 0 Å². The molecule has 0 atom stereocenters. The van der Waals surface area contributed by atoms with Crippen molar-refractivity contribution in [3.05, 3.63) is 62.8 Å². The minimum atomic E-state index is -0.561. The summed E-state index contributed by atoms with van der Waals surface area (Å²) >= 11 is 14.3. The number of thioether (sulfide) groups is 1. The van der Waals surface area contributed by atoms with Crippen molar-refractivity contribution in [2.75, 3.05) is 27.4 Å². The van der Waals surface area contributed by atoms with Gasteiger partial charge in [-0.25, -0.2) is 4.79 Å². The Morgan fingerprint density at radius 3 is 2.71 bits per heavy atom. The molecule has 1 aliphatic heterocycles. The molecule has 4 rings (SSSR count). The zero-order chi connectivity index (χ0) is 24.2. The maximum atomic E-state index is 12.8. The third-order valence-electron chi connectivity index (χ3n) is 5.01. The molecule has 34 heavy (non-hydrogen) atoms. The van der Waals surface area contributed by atoms with Crippen LogP contribution in [0.1, 0.15) is 21.7 Å². The van der Waals surface area contributed by atoms with Gasteiger partial charge in [-0.3, -0.25) is 9.69 Å². The Bertz CT molecular complexity index is 1300. The number of methoxy groups -OCH3 is 2. The van der Waals surface area contributed by atoms with Gasteiger partial charge in [0.1, 0.15) is 9.20 Å². The van der Waals surface area contributed by atoms with E-state index in [0.29, 0.717) is 50.0 Å². The smallest absolute Gasteiger partial charge is 0.355 e. The van der Waals surface area contributed by atoms with Crippen LogP contribution >= 0.6 is 46.9 Å². The van der Waals surface area contributed by atoms with Crippen molar-refractivity contribution in [1.82, 2.24) is 4.90 Å². The molecule has 3 aromatic rings. The van der Waals surface area contributed by atoms with Crippen LogP contribution in [0.2, 0.25) is 5.02 Å². The number of esters is 1. The van der Waals surface area contributed by atoms with Crippen molar-refractivity contribution in [3.63, 3.8) is 0 Å². The molecule has 0 spiro atoms. The Morgan fingerprint density at radius 1 is 1.18 bits per heavy atom. The number of hydrogen-bond donors (Lipinski definition) is 0. The van der Waals surface area contributed by atoms with Gasteiger partial charge >= 0.3 is 5.97 Å². The molecule has 2 heterocycles. The predicted octanol–water partition coefficient (Wildman–Crippen LogP) is 6.02. The molecule has 1 aliphatic rings. The molecule has 1 saturated heterocycles. The number of hydrogen-bond acceptors (Lipinski definition) is 8. The van der Waals surface area contributed by atoms with Gasteiger partial charge in [-0.05, 0) is 36.3 Å². The van der Waals surface area contributed by atoms with Crippen LogP contribution in [0.25, 0.3) is 16.2 Å². The van der Waals surface area contributed by atoms with E-state index in [2.05, 4.69) is 0 Å². The lowest BCUT2D eigenvalue weighted by atomic mass is 10.2. The van der Waals surface area contributed by atoms with E-state index in [9.17, 15) is 9.59 Å². The second kappa shape index (κ2) is 10.9. The molecule has 0 N–H and O–H groups in total. The van der Waals surface area contributed by atoms with Gasteiger partial charge in [0.05, 0.1) is 17.0 Å².